The first kappa shape index (κ1) is 20.9. The van der Waals surface area contributed by atoms with E-state index >= 15 is 0 Å². The van der Waals surface area contributed by atoms with Gasteiger partial charge in [-0.15, -0.1) is 24.0 Å². The van der Waals surface area contributed by atoms with Gasteiger partial charge in [0.05, 0.1) is 18.8 Å². The van der Waals surface area contributed by atoms with Crippen LogP contribution in [0.1, 0.15) is 31.0 Å². The van der Waals surface area contributed by atoms with E-state index in [4.69, 9.17) is 8.94 Å². The summed E-state index contributed by atoms with van der Waals surface area (Å²) in [6, 6.07) is 11.7. The molecule has 0 aliphatic heterocycles. The SMILES string of the molecule is CCNC(=NCc1coc(-c2ccccc2)n1)NCc1cc(CC)no1.I. The van der Waals surface area contributed by atoms with E-state index in [1.807, 2.05) is 50.2 Å². The van der Waals surface area contributed by atoms with Gasteiger partial charge in [0.1, 0.15) is 12.0 Å². The Bertz CT molecular complexity index is 845. The molecule has 0 fully saturated rings. The predicted octanol–water partition coefficient (Wildman–Crippen LogP) is 3.77. The van der Waals surface area contributed by atoms with Crippen molar-refractivity contribution in [2.45, 2.75) is 33.4 Å². The summed E-state index contributed by atoms with van der Waals surface area (Å²) in [7, 11) is 0. The highest BCUT2D eigenvalue weighted by Crippen LogP contribution is 2.18. The number of nitrogens with zero attached hydrogens (tertiary/aromatic N) is 3. The molecule has 2 aromatic heterocycles. The van der Waals surface area contributed by atoms with Gasteiger partial charge in [0.2, 0.25) is 5.89 Å². The van der Waals surface area contributed by atoms with Crippen molar-refractivity contribution in [2.75, 3.05) is 6.54 Å². The first-order valence-electron chi connectivity index (χ1n) is 8.75. The number of oxazole rings is 1. The minimum atomic E-state index is 0. The molecule has 0 bridgehead atoms. The Morgan fingerprint density at radius 2 is 1.93 bits per heavy atom. The molecule has 0 atom stereocenters. The van der Waals surface area contributed by atoms with E-state index in [0.29, 0.717) is 24.9 Å². The highest BCUT2D eigenvalue weighted by Gasteiger charge is 2.07. The van der Waals surface area contributed by atoms with Crippen molar-refractivity contribution in [3.63, 3.8) is 0 Å². The minimum Gasteiger partial charge on any atom is -0.444 e. The molecule has 3 aromatic rings. The van der Waals surface area contributed by atoms with Gasteiger partial charge in [0, 0.05) is 18.2 Å². The zero-order valence-electron chi connectivity index (χ0n) is 15.4. The maximum Gasteiger partial charge on any atom is 0.226 e. The second kappa shape index (κ2) is 10.7. The average Bonchev–Trinajstić information content (AvgIpc) is 3.34. The number of hydrogen-bond donors (Lipinski definition) is 2. The van der Waals surface area contributed by atoms with Crippen molar-refractivity contribution in [3.8, 4) is 11.5 Å². The number of nitrogens with one attached hydrogen (secondary N) is 2. The first-order valence-corrected chi connectivity index (χ1v) is 8.75. The molecule has 0 radical (unpaired) electrons. The second-order valence-corrected chi connectivity index (χ2v) is 5.70. The van der Waals surface area contributed by atoms with E-state index in [2.05, 4.69) is 25.8 Å². The molecule has 7 nitrogen and oxygen atoms in total. The third kappa shape index (κ3) is 6.09. The Labute approximate surface area is 175 Å². The number of halogens is 1. The van der Waals surface area contributed by atoms with Crippen molar-refractivity contribution in [1.29, 1.82) is 0 Å². The topological polar surface area (TPSA) is 88.5 Å². The molecule has 2 N–H and O–H groups in total. The van der Waals surface area contributed by atoms with Crippen molar-refractivity contribution in [2.24, 2.45) is 4.99 Å². The number of guanidine groups is 1. The van der Waals surface area contributed by atoms with Gasteiger partial charge >= 0.3 is 0 Å². The van der Waals surface area contributed by atoms with Crippen molar-refractivity contribution in [3.05, 3.63) is 59.8 Å². The van der Waals surface area contributed by atoms with Crippen LogP contribution >= 0.6 is 24.0 Å². The third-order valence-electron chi connectivity index (χ3n) is 3.72. The molecule has 0 saturated heterocycles. The Kier molecular flexibility index (Phi) is 8.31. The summed E-state index contributed by atoms with van der Waals surface area (Å²) in [5.41, 5.74) is 2.67. The molecular weight excluding hydrogens is 457 g/mol. The fourth-order valence-corrected chi connectivity index (χ4v) is 2.37. The molecule has 2 heterocycles. The van der Waals surface area contributed by atoms with Crippen LogP contribution in [-0.2, 0) is 19.5 Å². The van der Waals surface area contributed by atoms with Crippen LogP contribution in [0.4, 0.5) is 0 Å². The number of rotatable bonds is 7. The van der Waals surface area contributed by atoms with Crippen LogP contribution in [0.25, 0.3) is 11.5 Å². The molecule has 0 unspecified atom stereocenters. The van der Waals surface area contributed by atoms with Gasteiger partial charge in [-0.25, -0.2) is 9.98 Å². The van der Waals surface area contributed by atoms with Crippen LogP contribution < -0.4 is 10.6 Å². The molecule has 1 aromatic carbocycles. The van der Waals surface area contributed by atoms with E-state index in [1.165, 1.54) is 0 Å². The highest BCUT2D eigenvalue weighted by molar-refractivity contribution is 14.0. The number of aromatic nitrogens is 2. The zero-order valence-corrected chi connectivity index (χ0v) is 17.8. The molecule has 3 rings (SSSR count). The standard InChI is InChI=1S/C19H23N5O2.HI/c1-3-15-10-17(26-24-15)12-22-19(20-4-2)21-11-16-13-25-18(23-16)14-8-6-5-7-9-14;/h5-10,13H,3-4,11-12H2,1-2H3,(H2,20,21,22);1H. The van der Waals surface area contributed by atoms with E-state index in [1.54, 1.807) is 6.26 Å². The van der Waals surface area contributed by atoms with Crippen LogP contribution in [0.5, 0.6) is 0 Å². The van der Waals surface area contributed by atoms with Crippen LogP contribution in [0.2, 0.25) is 0 Å². The smallest absolute Gasteiger partial charge is 0.226 e. The van der Waals surface area contributed by atoms with Gasteiger partial charge in [0.25, 0.3) is 0 Å². The lowest BCUT2D eigenvalue weighted by Gasteiger charge is -2.09. The largest absolute Gasteiger partial charge is 0.444 e. The van der Waals surface area contributed by atoms with Crippen LogP contribution in [0, 0.1) is 0 Å². The summed E-state index contributed by atoms with van der Waals surface area (Å²) in [5, 5.41) is 10.4. The number of aliphatic imine (C=N–C) groups is 1. The summed E-state index contributed by atoms with van der Waals surface area (Å²) < 4.78 is 10.8. The molecule has 0 aliphatic rings. The van der Waals surface area contributed by atoms with Gasteiger partial charge in [-0.05, 0) is 25.5 Å². The van der Waals surface area contributed by atoms with Crippen molar-refractivity contribution in [1.82, 2.24) is 20.8 Å². The predicted molar refractivity (Wildman–Crippen MR) is 115 cm³/mol. The van der Waals surface area contributed by atoms with E-state index in [0.717, 1.165) is 35.7 Å². The van der Waals surface area contributed by atoms with Gasteiger partial charge in [-0.1, -0.05) is 30.3 Å². The molecular formula is C19H24IN5O2. The Morgan fingerprint density at radius 3 is 2.63 bits per heavy atom. The summed E-state index contributed by atoms with van der Waals surface area (Å²) in [4.78, 5) is 9.03. The summed E-state index contributed by atoms with van der Waals surface area (Å²) >= 11 is 0. The van der Waals surface area contributed by atoms with Crippen LogP contribution in [-0.4, -0.2) is 22.6 Å². The Morgan fingerprint density at radius 1 is 1.11 bits per heavy atom. The van der Waals surface area contributed by atoms with Crippen molar-refractivity contribution < 1.29 is 8.94 Å². The van der Waals surface area contributed by atoms with Gasteiger partial charge in [-0.3, -0.25) is 0 Å². The normalized spacial score (nSPS) is 11.1. The lowest BCUT2D eigenvalue weighted by molar-refractivity contribution is 0.374. The molecule has 27 heavy (non-hydrogen) atoms. The van der Waals surface area contributed by atoms with Gasteiger partial charge in [-0.2, -0.15) is 0 Å². The average molecular weight is 481 g/mol. The zero-order chi connectivity index (χ0) is 18.2. The third-order valence-corrected chi connectivity index (χ3v) is 3.72. The molecule has 0 aliphatic carbocycles. The second-order valence-electron chi connectivity index (χ2n) is 5.70. The number of hydrogen-bond acceptors (Lipinski definition) is 5. The van der Waals surface area contributed by atoms with Crippen LogP contribution in [0.3, 0.4) is 0 Å². The summed E-state index contributed by atoms with van der Waals surface area (Å²) in [5.74, 6) is 2.06. The van der Waals surface area contributed by atoms with E-state index < -0.39 is 0 Å². The molecule has 0 spiro atoms. The van der Waals surface area contributed by atoms with Gasteiger partial charge in [0.15, 0.2) is 11.7 Å². The van der Waals surface area contributed by atoms with E-state index in [-0.39, 0.29) is 24.0 Å². The molecule has 8 heteroatoms. The molecule has 0 amide bonds. The molecule has 0 saturated carbocycles. The van der Waals surface area contributed by atoms with Crippen LogP contribution in [0.15, 0.2) is 56.6 Å². The molecule has 144 valence electrons. The van der Waals surface area contributed by atoms with E-state index in [9.17, 15) is 0 Å². The maximum atomic E-state index is 5.54. The summed E-state index contributed by atoms with van der Waals surface area (Å²) in [6.45, 7) is 5.76. The Hall–Kier alpha value is -2.36. The highest BCUT2D eigenvalue weighted by atomic mass is 127. The Balaban J connectivity index is 0.00000261. The monoisotopic (exact) mass is 481 g/mol. The van der Waals surface area contributed by atoms with Crippen molar-refractivity contribution >= 4 is 29.9 Å². The lowest BCUT2D eigenvalue weighted by atomic mass is 10.2. The summed E-state index contributed by atoms with van der Waals surface area (Å²) in [6.07, 6.45) is 2.49. The first-order chi connectivity index (χ1) is 12.8. The lowest BCUT2D eigenvalue weighted by Crippen LogP contribution is -2.36. The quantitative estimate of drug-likeness (QED) is 0.304. The number of benzene rings is 1. The fraction of sp³-hybridized carbons (Fsp3) is 0.316. The minimum absolute atomic E-state index is 0. The van der Waals surface area contributed by atoms with Gasteiger partial charge < -0.3 is 19.6 Å². The fourth-order valence-electron chi connectivity index (χ4n) is 2.37. The number of aryl methyl sites for hydroxylation is 1. The maximum absolute atomic E-state index is 5.54.